The fourth-order valence-electron chi connectivity index (χ4n) is 2.34. The lowest BCUT2D eigenvalue weighted by Gasteiger charge is -2.25. The molecule has 1 heterocycles. The van der Waals surface area contributed by atoms with Gasteiger partial charge in [-0.2, -0.15) is 8.78 Å². The molecule has 19 heavy (non-hydrogen) atoms. The molecule has 2 N–H and O–H groups in total. The zero-order chi connectivity index (χ0) is 13.8. The highest BCUT2D eigenvalue weighted by Crippen LogP contribution is 2.34. The quantitative estimate of drug-likeness (QED) is 0.883. The third-order valence-corrected chi connectivity index (χ3v) is 3.26. The number of carbonyl (C=O) groups is 1. The molecule has 1 aromatic carbocycles. The van der Waals surface area contributed by atoms with Crippen molar-refractivity contribution in [2.75, 3.05) is 13.1 Å². The van der Waals surface area contributed by atoms with E-state index in [0.29, 0.717) is 5.56 Å². The minimum atomic E-state index is -2.95. The summed E-state index contributed by atoms with van der Waals surface area (Å²) in [6.07, 6.45) is 1.65. The van der Waals surface area contributed by atoms with E-state index in [1.807, 2.05) is 0 Å². The van der Waals surface area contributed by atoms with Crippen molar-refractivity contribution in [3.05, 3.63) is 29.3 Å². The van der Waals surface area contributed by atoms with Crippen LogP contribution >= 0.6 is 0 Å². The van der Waals surface area contributed by atoms with Crippen LogP contribution < -0.4 is 10.1 Å². The van der Waals surface area contributed by atoms with Crippen LogP contribution in [0.3, 0.4) is 0 Å². The summed E-state index contributed by atoms with van der Waals surface area (Å²) in [6.45, 7) is -1.32. The molecular formula is C13H15F2NO3. The van der Waals surface area contributed by atoms with E-state index in [-0.39, 0.29) is 17.2 Å². The van der Waals surface area contributed by atoms with Crippen molar-refractivity contribution in [1.82, 2.24) is 5.32 Å². The molecule has 1 aliphatic heterocycles. The topological polar surface area (TPSA) is 58.6 Å². The number of hydrogen-bond acceptors (Lipinski definition) is 3. The highest BCUT2D eigenvalue weighted by molar-refractivity contribution is 5.88. The Morgan fingerprint density at radius 1 is 1.37 bits per heavy atom. The standard InChI is InChI=1S/C13H15F2NO3/c14-13(15)19-11-7-9(12(17)18)1-2-10(11)8-3-5-16-6-4-8/h1-2,7-8,13,16H,3-6H2,(H,17,18). The molecule has 6 heteroatoms. The molecule has 104 valence electrons. The third-order valence-electron chi connectivity index (χ3n) is 3.26. The molecule has 0 amide bonds. The van der Waals surface area contributed by atoms with Crippen molar-refractivity contribution >= 4 is 5.97 Å². The van der Waals surface area contributed by atoms with Gasteiger partial charge in [-0.05, 0) is 49.5 Å². The minimum Gasteiger partial charge on any atom is -0.478 e. The van der Waals surface area contributed by atoms with E-state index in [1.54, 1.807) is 6.07 Å². The van der Waals surface area contributed by atoms with Crippen LogP contribution in [0, 0.1) is 0 Å². The van der Waals surface area contributed by atoms with Crippen LogP contribution in [0.2, 0.25) is 0 Å². The Kier molecular flexibility index (Phi) is 4.31. The maximum Gasteiger partial charge on any atom is 0.387 e. The van der Waals surface area contributed by atoms with E-state index in [1.165, 1.54) is 12.1 Å². The Bertz CT molecular complexity index is 459. The van der Waals surface area contributed by atoms with Crippen LogP contribution in [0.15, 0.2) is 18.2 Å². The number of hydrogen-bond donors (Lipinski definition) is 2. The highest BCUT2D eigenvalue weighted by atomic mass is 19.3. The number of halogens is 2. The average Bonchev–Trinajstić information content (AvgIpc) is 2.39. The van der Waals surface area contributed by atoms with Gasteiger partial charge in [0.2, 0.25) is 0 Å². The van der Waals surface area contributed by atoms with Crippen molar-refractivity contribution in [3.8, 4) is 5.75 Å². The lowest BCUT2D eigenvalue weighted by Crippen LogP contribution is -2.27. The number of rotatable bonds is 4. The van der Waals surface area contributed by atoms with E-state index < -0.39 is 12.6 Å². The molecule has 2 rings (SSSR count). The van der Waals surface area contributed by atoms with Gasteiger partial charge in [0.15, 0.2) is 0 Å². The molecular weight excluding hydrogens is 256 g/mol. The number of benzene rings is 1. The molecule has 4 nitrogen and oxygen atoms in total. The molecule has 1 aromatic rings. The molecule has 0 aliphatic carbocycles. The Labute approximate surface area is 109 Å². The molecule has 0 saturated carbocycles. The summed E-state index contributed by atoms with van der Waals surface area (Å²) in [5.74, 6) is -1.06. The Hall–Kier alpha value is -1.69. The summed E-state index contributed by atoms with van der Waals surface area (Å²) in [6, 6.07) is 4.18. The van der Waals surface area contributed by atoms with Gasteiger partial charge in [0.05, 0.1) is 5.56 Å². The van der Waals surface area contributed by atoms with Crippen LogP contribution in [-0.2, 0) is 0 Å². The molecule has 0 atom stereocenters. The first-order chi connectivity index (χ1) is 9.08. The van der Waals surface area contributed by atoms with Crippen LogP contribution in [0.1, 0.15) is 34.7 Å². The van der Waals surface area contributed by atoms with Crippen LogP contribution in [0.4, 0.5) is 8.78 Å². The van der Waals surface area contributed by atoms with E-state index in [2.05, 4.69) is 10.1 Å². The Balaban J connectivity index is 2.31. The molecule has 1 saturated heterocycles. The summed E-state index contributed by atoms with van der Waals surface area (Å²) < 4.78 is 29.3. The summed E-state index contributed by atoms with van der Waals surface area (Å²) in [5, 5.41) is 12.1. The van der Waals surface area contributed by atoms with E-state index in [0.717, 1.165) is 25.9 Å². The lowest BCUT2D eigenvalue weighted by atomic mass is 9.89. The first kappa shape index (κ1) is 13.7. The van der Waals surface area contributed by atoms with Gasteiger partial charge in [0, 0.05) is 0 Å². The molecule has 0 unspecified atom stereocenters. The fourth-order valence-corrected chi connectivity index (χ4v) is 2.34. The maximum absolute atomic E-state index is 12.4. The van der Waals surface area contributed by atoms with Crippen molar-refractivity contribution in [1.29, 1.82) is 0 Å². The second-order valence-corrected chi connectivity index (χ2v) is 4.46. The Morgan fingerprint density at radius 2 is 2.05 bits per heavy atom. The van der Waals surface area contributed by atoms with E-state index >= 15 is 0 Å². The van der Waals surface area contributed by atoms with Crippen molar-refractivity contribution in [2.45, 2.75) is 25.4 Å². The van der Waals surface area contributed by atoms with Gasteiger partial charge in [-0.15, -0.1) is 0 Å². The predicted octanol–water partition coefficient (Wildman–Crippen LogP) is 2.45. The largest absolute Gasteiger partial charge is 0.478 e. The number of aromatic carboxylic acids is 1. The summed E-state index contributed by atoms with van der Waals surface area (Å²) in [4.78, 5) is 10.9. The van der Waals surface area contributed by atoms with Crippen molar-refractivity contribution < 1.29 is 23.4 Å². The van der Waals surface area contributed by atoms with Crippen molar-refractivity contribution in [2.24, 2.45) is 0 Å². The van der Waals surface area contributed by atoms with Crippen molar-refractivity contribution in [3.63, 3.8) is 0 Å². The number of carboxylic acid groups (broad SMARTS) is 1. The molecule has 1 fully saturated rings. The monoisotopic (exact) mass is 271 g/mol. The number of ether oxygens (including phenoxy) is 1. The second-order valence-electron chi connectivity index (χ2n) is 4.46. The molecule has 0 radical (unpaired) electrons. The molecule has 1 aliphatic rings. The number of piperidine rings is 1. The third kappa shape index (κ3) is 3.41. The van der Waals surface area contributed by atoms with Crippen LogP contribution in [-0.4, -0.2) is 30.8 Å². The maximum atomic E-state index is 12.4. The van der Waals surface area contributed by atoms with Gasteiger partial charge in [0.25, 0.3) is 0 Å². The van der Waals surface area contributed by atoms with Crippen LogP contribution in [0.5, 0.6) is 5.75 Å². The normalized spacial score (nSPS) is 16.6. The Morgan fingerprint density at radius 3 is 2.63 bits per heavy atom. The average molecular weight is 271 g/mol. The van der Waals surface area contributed by atoms with Gasteiger partial charge in [-0.1, -0.05) is 6.07 Å². The van der Waals surface area contributed by atoms with Crippen LogP contribution in [0.25, 0.3) is 0 Å². The second kappa shape index (κ2) is 5.97. The molecule has 0 spiro atoms. The van der Waals surface area contributed by atoms with Gasteiger partial charge in [-0.3, -0.25) is 0 Å². The lowest BCUT2D eigenvalue weighted by molar-refractivity contribution is -0.0507. The molecule has 0 aromatic heterocycles. The SMILES string of the molecule is O=C(O)c1ccc(C2CCNCC2)c(OC(F)F)c1. The van der Waals surface area contributed by atoms with Gasteiger partial charge in [0.1, 0.15) is 5.75 Å². The summed E-state index contributed by atoms with van der Waals surface area (Å²) in [7, 11) is 0. The van der Waals surface area contributed by atoms with Gasteiger partial charge < -0.3 is 15.2 Å². The zero-order valence-corrected chi connectivity index (χ0v) is 10.2. The number of carboxylic acids is 1. The highest BCUT2D eigenvalue weighted by Gasteiger charge is 2.21. The first-order valence-electron chi connectivity index (χ1n) is 6.10. The first-order valence-corrected chi connectivity index (χ1v) is 6.10. The predicted molar refractivity (Wildman–Crippen MR) is 64.9 cm³/mol. The van der Waals surface area contributed by atoms with Gasteiger partial charge in [-0.25, -0.2) is 4.79 Å². The fraction of sp³-hybridized carbons (Fsp3) is 0.462. The smallest absolute Gasteiger partial charge is 0.387 e. The van der Waals surface area contributed by atoms with E-state index in [9.17, 15) is 13.6 Å². The minimum absolute atomic E-state index is 0.0261. The number of alkyl halides is 2. The summed E-state index contributed by atoms with van der Waals surface area (Å²) >= 11 is 0. The number of nitrogens with one attached hydrogen (secondary N) is 1. The van der Waals surface area contributed by atoms with Gasteiger partial charge >= 0.3 is 12.6 Å². The zero-order valence-electron chi connectivity index (χ0n) is 10.2. The summed E-state index contributed by atoms with van der Waals surface area (Å²) in [5.41, 5.74) is 0.611. The van der Waals surface area contributed by atoms with E-state index in [4.69, 9.17) is 5.11 Å². The molecule has 0 bridgehead atoms.